The van der Waals surface area contributed by atoms with Crippen molar-refractivity contribution < 1.29 is 33.8 Å². The number of hydrogen-bond acceptors (Lipinski definition) is 6. The van der Waals surface area contributed by atoms with Gasteiger partial charge in [0.1, 0.15) is 18.7 Å². The lowest BCUT2D eigenvalue weighted by atomic mass is 9.80. The van der Waals surface area contributed by atoms with Crippen molar-refractivity contribution >= 4 is 30.2 Å². The summed E-state index contributed by atoms with van der Waals surface area (Å²) >= 11 is 0. The molecular formula is C43H46N3O7. The van der Waals surface area contributed by atoms with E-state index < -0.39 is 48.4 Å². The number of carboxylic acids is 1. The minimum atomic E-state index is -1.34. The SMILES string of the molecule is Cc1cccc(C(C)(C)C)c1C[C@H](NC(=O)[C@H](CCC(=O)O)NC(=O)OCC1c2ccccc2-c2ccccc21)C(=O)N[C@H]([C]=O)Cc1ccccc1. The fourth-order valence-electron chi connectivity index (χ4n) is 6.92. The van der Waals surface area contributed by atoms with Crippen molar-refractivity contribution in [2.24, 2.45) is 0 Å². The van der Waals surface area contributed by atoms with E-state index in [9.17, 15) is 29.1 Å². The van der Waals surface area contributed by atoms with E-state index in [4.69, 9.17) is 4.74 Å². The normalized spacial score (nSPS) is 13.8. The number of carbonyl (C=O) groups is 4. The number of rotatable bonds is 15. The van der Waals surface area contributed by atoms with Gasteiger partial charge in [-0.25, -0.2) is 4.79 Å². The third-order valence-electron chi connectivity index (χ3n) is 9.60. The number of fused-ring (bicyclic) bond motifs is 3. The fourth-order valence-corrected chi connectivity index (χ4v) is 6.92. The average molecular weight is 717 g/mol. The summed E-state index contributed by atoms with van der Waals surface area (Å²) in [5, 5.41) is 17.5. The zero-order chi connectivity index (χ0) is 38.1. The highest BCUT2D eigenvalue weighted by molar-refractivity contribution is 5.92. The van der Waals surface area contributed by atoms with Crippen molar-refractivity contribution in [3.63, 3.8) is 0 Å². The fraction of sp³-hybridized carbons (Fsp3) is 0.326. The zero-order valence-electron chi connectivity index (χ0n) is 30.5. The summed E-state index contributed by atoms with van der Waals surface area (Å²) in [7, 11) is 0. The van der Waals surface area contributed by atoms with Crippen LogP contribution in [0.1, 0.15) is 72.9 Å². The Balaban J connectivity index is 1.36. The molecule has 0 saturated carbocycles. The van der Waals surface area contributed by atoms with Crippen LogP contribution >= 0.6 is 0 Å². The van der Waals surface area contributed by atoms with Crippen molar-refractivity contribution in [3.8, 4) is 11.1 Å². The van der Waals surface area contributed by atoms with Crippen LogP contribution in [0.25, 0.3) is 11.1 Å². The van der Waals surface area contributed by atoms with Gasteiger partial charge < -0.3 is 25.8 Å². The highest BCUT2D eigenvalue weighted by Gasteiger charge is 2.33. The second-order valence-corrected chi connectivity index (χ2v) is 14.4. The molecule has 53 heavy (non-hydrogen) atoms. The molecule has 0 bridgehead atoms. The van der Waals surface area contributed by atoms with Gasteiger partial charge in [-0.3, -0.25) is 19.2 Å². The first-order chi connectivity index (χ1) is 25.3. The van der Waals surface area contributed by atoms with Gasteiger partial charge in [0.2, 0.25) is 18.1 Å². The van der Waals surface area contributed by atoms with Crippen molar-refractivity contribution in [2.45, 2.75) is 82.8 Å². The van der Waals surface area contributed by atoms with Gasteiger partial charge in [-0.05, 0) is 63.3 Å². The van der Waals surface area contributed by atoms with Crippen LogP contribution < -0.4 is 16.0 Å². The molecule has 1 radical (unpaired) electrons. The zero-order valence-corrected chi connectivity index (χ0v) is 30.5. The van der Waals surface area contributed by atoms with E-state index in [0.29, 0.717) is 0 Å². The molecule has 0 saturated heterocycles. The van der Waals surface area contributed by atoms with Crippen molar-refractivity contribution in [1.82, 2.24) is 16.0 Å². The molecule has 0 unspecified atom stereocenters. The van der Waals surface area contributed by atoms with E-state index in [1.54, 1.807) is 0 Å². The van der Waals surface area contributed by atoms with Gasteiger partial charge >= 0.3 is 12.1 Å². The van der Waals surface area contributed by atoms with Gasteiger partial charge in [-0.1, -0.05) is 118 Å². The summed E-state index contributed by atoms with van der Waals surface area (Å²) in [6, 6.07) is 27.3. The maximum absolute atomic E-state index is 14.0. The molecule has 4 aromatic carbocycles. The third-order valence-corrected chi connectivity index (χ3v) is 9.60. The topological polar surface area (TPSA) is 151 Å². The summed E-state index contributed by atoms with van der Waals surface area (Å²) in [6.45, 7) is 8.07. The minimum absolute atomic E-state index is 0.00791. The Morgan fingerprint density at radius 1 is 0.755 bits per heavy atom. The molecule has 0 fully saturated rings. The number of aryl methyl sites for hydroxylation is 1. The van der Waals surface area contributed by atoms with Gasteiger partial charge in [-0.15, -0.1) is 0 Å². The van der Waals surface area contributed by atoms with Crippen LogP contribution in [-0.4, -0.2) is 60.0 Å². The van der Waals surface area contributed by atoms with Gasteiger partial charge in [0.05, 0.1) is 6.04 Å². The van der Waals surface area contributed by atoms with Crippen molar-refractivity contribution in [3.05, 3.63) is 130 Å². The molecule has 275 valence electrons. The Labute approximate surface area is 310 Å². The lowest BCUT2D eigenvalue weighted by molar-refractivity contribution is -0.137. The number of amides is 3. The van der Waals surface area contributed by atoms with Crippen molar-refractivity contribution in [2.75, 3.05) is 6.61 Å². The number of ether oxygens (including phenoxy) is 1. The highest BCUT2D eigenvalue weighted by atomic mass is 16.5. The minimum Gasteiger partial charge on any atom is -0.481 e. The number of carboxylic acid groups (broad SMARTS) is 1. The van der Waals surface area contributed by atoms with E-state index in [0.717, 1.165) is 44.5 Å². The Hall–Kier alpha value is -5.77. The Kier molecular flexibility index (Phi) is 12.5. The molecule has 5 rings (SSSR count). The lowest BCUT2D eigenvalue weighted by Crippen LogP contribution is -2.56. The third kappa shape index (κ3) is 9.77. The average Bonchev–Trinajstić information content (AvgIpc) is 3.45. The second kappa shape index (κ2) is 17.2. The molecule has 1 aliphatic carbocycles. The van der Waals surface area contributed by atoms with E-state index in [-0.39, 0.29) is 37.2 Å². The molecule has 4 N–H and O–H groups in total. The monoisotopic (exact) mass is 716 g/mol. The van der Waals surface area contributed by atoms with Gasteiger partial charge in [0.25, 0.3) is 0 Å². The van der Waals surface area contributed by atoms with Crippen LogP contribution in [0.4, 0.5) is 4.79 Å². The van der Waals surface area contributed by atoms with Crippen LogP contribution in [0, 0.1) is 6.92 Å². The molecule has 10 nitrogen and oxygen atoms in total. The maximum atomic E-state index is 14.0. The van der Waals surface area contributed by atoms with Crippen molar-refractivity contribution in [1.29, 1.82) is 0 Å². The summed E-state index contributed by atoms with van der Waals surface area (Å²) in [6.07, 6.45) is 0.587. The molecule has 3 amide bonds. The molecule has 0 spiro atoms. The standard InChI is InChI=1S/C43H46N3O7/c1-27-13-12-20-36(43(2,3)4)34(27)24-38(41(51)44-29(25-47)23-28-14-6-5-7-15-28)45-40(50)37(21-22-39(48)49)46-42(52)53-26-35-32-18-10-8-16-30(32)31-17-9-11-19-33(31)35/h5-20,29,35,37-38H,21-24,26H2,1-4H3,(H,44,51)(H,45,50)(H,46,52)(H,48,49)/t29-,37-,38-/m0/s1. The summed E-state index contributed by atoms with van der Waals surface area (Å²) in [5.41, 5.74) is 7.40. The highest BCUT2D eigenvalue weighted by Crippen LogP contribution is 2.44. The Morgan fingerprint density at radius 2 is 1.36 bits per heavy atom. The molecular weight excluding hydrogens is 670 g/mol. The van der Waals surface area contributed by atoms with E-state index >= 15 is 0 Å². The Bertz CT molecular complexity index is 1910. The summed E-state index contributed by atoms with van der Waals surface area (Å²) < 4.78 is 5.67. The molecule has 0 aliphatic heterocycles. The van der Waals surface area contributed by atoms with E-state index in [1.165, 1.54) is 0 Å². The van der Waals surface area contributed by atoms with Gasteiger partial charge in [0, 0.05) is 25.2 Å². The quantitative estimate of drug-likeness (QED) is 0.119. The number of benzene rings is 4. The largest absolute Gasteiger partial charge is 0.481 e. The summed E-state index contributed by atoms with van der Waals surface area (Å²) in [4.78, 5) is 64.8. The molecule has 3 atom stereocenters. The first-order valence-electron chi connectivity index (χ1n) is 17.8. The van der Waals surface area contributed by atoms with Crippen LogP contribution in [0.3, 0.4) is 0 Å². The van der Waals surface area contributed by atoms with Gasteiger partial charge in [0.15, 0.2) is 0 Å². The summed E-state index contributed by atoms with van der Waals surface area (Å²) in [5.74, 6) is -2.77. The molecule has 10 heteroatoms. The van der Waals surface area contributed by atoms with E-state index in [1.807, 2.05) is 110 Å². The number of hydrogen-bond donors (Lipinski definition) is 4. The van der Waals surface area contributed by atoms with Crippen LogP contribution in [0.5, 0.6) is 0 Å². The number of aliphatic carboxylic acids is 1. The van der Waals surface area contributed by atoms with E-state index in [2.05, 4.69) is 36.7 Å². The number of alkyl carbamates (subject to hydrolysis) is 1. The molecule has 0 aromatic heterocycles. The first-order valence-corrected chi connectivity index (χ1v) is 17.8. The maximum Gasteiger partial charge on any atom is 0.407 e. The molecule has 1 aliphatic rings. The van der Waals surface area contributed by atoms with Crippen LogP contribution in [0.2, 0.25) is 0 Å². The molecule has 0 heterocycles. The second-order valence-electron chi connectivity index (χ2n) is 14.4. The van der Waals surface area contributed by atoms with Crippen LogP contribution in [-0.2, 0) is 42.2 Å². The number of carbonyl (C=O) groups excluding carboxylic acids is 4. The van der Waals surface area contributed by atoms with Crippen LogP contribution in [0.15, 0.2) is 97.1 Å². The smallest absolute Gasteiger partial charge is 0.407 e. The Morgan fingerprint density at radius 3 is 1.96 bits per heavy atom. The first kappa shape index (κ1) is 38.5. The molecule has 4 aromatic rings. The predicted octanol–water partition coefficient (Wildman–Crippen LogP) is 5.93. The van der Waals surface area contributed by atoms with Gasteiger partial charge in [-0.2, -0.15) is 0 Å². The predicted molar refractivity (Wildman–Crippen MR) is 202 cm³/mol. The lowest BCUT2D eigenvalue weighted by Gasteiger charge is -2.28. The number of nitrogens with one attached hydrogen (secondary N) is 3.